The van der Waals surface area contributed by atoms with E-state index in [1.165, 1.54) is 11.1 Å². The van der Waals surface area contributed by atoms with Gasteiger partial charge in [-0.3, -0.25) is 9.59 Å². The summed E-state index contributed by atoms with van der Waals surface area (Å²) in [5.41, 5.74) is 2.41. The molecule has 0 aliphatic rings. The molecular formula is C21H29ClNO4Pt-2. The number of hydrogen-bond acceptors (Lipinski definition) is 2. The third-order valence-corrected chi connectivity index (χ3v) is 3.40. The number of aliphatic carboxylic acids is 2. The standard InChI is InChI=1S/2C10H12O2.CH3.ClH.H2N.Pt/c2*11-10(12)8-4-7-9-5-2-1-3-6-9;;;;/h2*1-3,5-6H,4,7-8H2,(H,11,12);1H3;1H;1H2;/q;;-1;;-1;+1/p-1. The van der Waals surface area contributed by atoms with E-state index in [-0.39, 0.29) is 26.4 Å². The molecule has 0 unspecified atom stereocenters. The van der Waals surface area contributed by atoms with Crippen LogP contribution in [-0.4, -0.2) is 22.2 Å². The summed E-state index contributed by atoms with van der Waals surface area (Å²) in [6, 6.07) is 19.9. The minimum Gasteiger partial charge on any atom is -0.693 e. The molecule has 2 rings (SSSR count). The van der Waals surface area contributed by atoms with E-state index in [1.807, 2.05) is 60.7 Å². The Morgan fingerprint density at radius 3 is 1.25 bits per heavy atom. The van der Waals surface area contributed by atoms with Crippen LogP contribution in [0.2, 0.25) is 0 Å². The molecule has 0 heterocycles. The summed E-state index contributed by atoms with van der Waals surface area (Å²) in [5, 5.41) is 16.8. The second kappa shape index (κ2) is 21.6. The van der Waals surface area contributed by atoms with Crippen molar-refractivity contribution in [3.8, 4) is 0 Å². The summed E-state index contributed by atoms with van der Waals surface area (Å²) in [6.07, 6.45) is 3.67. The van der Waals surface area contributed by atoms with Crippen LogP contribution in [0.15, 0.2) is 60.7 Å². The molecule has 0 aliphatic carbocycles. The zero-order valence-electron chi connectivity index (χ0n) is 16.0. The first-order valence-electron chi connectivity index (χ1n) is 8.21. The zero-order chi connectivity index (χ0) is 19.6. The number of aryl methyl sites for hydroxylation is 2. The molecule has 161 valence electrons. The Labute approximate surface area is 183 Å². The molecule has 0 saturated carbocycles. The molecule has 2 aromatic rings. The Hall–Kier alpha value is -1.68. The van der Waals surface area contributed by atoms with Gasteiger partial charge in [0, 0.05) is 12.8 Å². The molecule has 28 heavy (non-hydrogen) atoms. The molecule has 0 spiro atoms. The average molecular weight is 590 g/mol. The Balaban J connectivity index is -0.000000385. The second-order valence-corrected chi connectivity index (χ2v) is 5.47. The molecule has 0 saturated heterocycles. The van der Waals surface area contributed by atoms with E-state index in [2.05, 4.69) is 9.42 Å². The minimum absolute atomic E-state index is 0. The quantitative estimate of drug-likeness (QED) is 0.366. The molecule has 0 atom stereocenters. The van der Waals surface area contributed by atoms with Crippen molar-refractivity contribution in [3.05, 3.63) is 85.4 Å². The zero-order valence-corrected chi connectivity index (χ0v) is 19.0. The number of halogens is 1. The van der Waals surface area contributed by atoms with Crippen LogP contribution in [0.3, 0.4) is 0 Å². The normalized spacial score (nSPS) is 8.54. The molecule has 2 aromatic carbocycles. The van der Waals surface area contributed by atoms with Crippen molar-refractivity contribution in [1.29, 1.82) is 0 Å². The summed E-state index contributed by atoms with van der Waals surface area (Å²) in [7, 11) is 4.61. The van der Waals surface area contributed by atoms with Crippen molar-refractivity contribution in [1.82, 2.24) is 0 Å². The maximum Gasteiger partial charge on any atom is -0.693 e. The van der Waals surface area contributed by atoms with Crippen LogP contribution in [-0.2, 0) is 41.2 Å². The number of carboxylic acids is 2. The van der Waals surface area contributed by atoms with Crippen molar-refractivity contribution < 1.29 is 38.6 Å². The molecule has 0 aromatic heterocycles. The SMILES string of the molecule is O=C(O)CCCc1ccccc1.O=C(O)CCCc1ccccc1.[CH3-].[Cl][Pt].[NH2-]. The smallest absolute Gasteiger partial charge is 0.693 e. The van der Waals surface area contributed by atoms with Crippen LogP contribution < -0.4 is 0 Å². The van der Waals surface area contributed by atoms with E-state index in [9.17, 15) is 9.59 Å². The molecule has 5 nitrogen and oxygen atoms in total. The van der Waals surface area contributed by atoms with Crippen LogP contribution in [0.5, 0.6) is 0 Å². The summed E-state index contributed by atoms with van der Waals surface area (Å²) in [5.74, 6) is -1.43. The first kappa shape index (κ1) is 31.0. The predicted octanol–water partition coefficient (Wildman–Crippen LogP) is 6.04. The molecule has 0 radical (unpaired) electrons. The van der Waals surface area contributed by atoms with Gasteiger partial charge in [-0.2, -0.15) is 0 Å². The van der Waals surface area contributed by atoms with Crippen LogP contribution in [0, 0.1) is 7.43 Å². The fourth-order valence-corrected chi connectivity index (χ4v) is 2.18. The van der Waals surface area contributed by atoms with E-state index >= 15 is 0 Å². The number of hydrogen-bond donors (Lipinski definition) is 2. The average Bonchev–Trinajstić information content (AvgIpc) is 2.65. The predicted molar refractivity (Wildman–Crippen MR) is 112 cm³/mol. The Morgan fingerprint density at radius 2 is 1.00 bits per heavy atom. The molecule has 7 heteroatoms. The van der Waals surface area contributed by atoms with Crippen molar-refractivity contribution in [2.45, 2.75) is 38.5 Å². The largest absolute Gasteiger partial charge is 0.693 e. The van der Waals surface area contributed by atoms with Crippen LogP contribution in [0.4, 0.5) is 0 Å². The number of benzene rings is 2. The summed E-state index contributed by atoms with van der Waals surface area (Å²) >= 11 is 1.61. The minimum atomic E-state index is -0.717. The summed E-state index contributed by atoms with van der Waals surface area (Å²) < 4.78 is 0. The van der Waals surface area contributed by atoms with Crippen molar-refractivity contribution in [3.63, 3.8) is 0 Å². The van der Waals surface area contributed by atoms with Crippen LogP contribution >= 0.6 is 9.42 Å². The summed E-state index contributed by atoms with van der Waals surface area (Å²) in [4.78, 5) is 20.4. The topological polar surface area (TPSA) is 108 Å². The third-order valence-electron chi connectivity index (χ3n) is 3.40. The van der Waals surface area contributed by atoms with Gasteiger partial charge in [0.15, 0.2) is 0 Å². The maximum absolute atomic E-state index is 10.2. The van der Waals surface area contributed by atoms with E-state index in [4.69, 9.17) is 10.2 Å². The van der Waals surface area contributed by atoms with Gasteiger partial charge in [-0.1, -0.05) is 60.7 Å². The van der Waals surface area contributed by atoms with Gasteiger partial charge in [0.05, 0.1) is 0 Å². The Kier molecular flexibility index (Phi) is 24.0. The second-order valence-electron chi connectivity index (χ2n) is 5.47. The van der Waals surface area contributed by atoms with E-state index < -0.39 is 11.9 Å². The molecule has 4 N–H and O–H groups in total. The van der Waals surface area contributed by atoms with Crippen LogP contribution in [0.25, 0.3) is 6.15 Å². The van der Waals surface area contributed by atoms with Gasteiger partial charge in [0.25, 0.3) is 0 Å². The summed E-state index contributed by atoms with van der Waals surface area (Å²) in [6.45, 7) is 0. The van der Waals surface area contributed by atoms with Gasteiger partial charge < -0.3 is 23.8 Å². The Bertz CT molecular complexity index is 557. The van der Waals surface area contributed by atoms with Crippen molar-refractivity contribution in [2.24, 2.45) is 0 Å². The fourth-order valence-electron chi connectivity index (χ4n) is 2.18. The van der Waals surface area contributed by atoms with Crippen molar-refractivity contribution in [2.75, 3.05) is 0 Å². The monoisotopic (exact) mass is 589 g/mol. The molecule has 0 aliphatic heterocycles. The fraction of sp³-hybridized carbons (Fsp3) is 0.286. The van der Waals surface area contributed by atoms with Gasteiger partial charge in [-0.25, -0.2) is 0 Å². The number of rotatable bonds is 8. The molecule has 0 fully saturated rings. The van der Waals surface area contributed by atoms with Gasteiger partial charge in [0.1, 0.15) is 0 Å². The molecule has 0 bridgehead atoms. The Morgan fingerprint density at radius 1 is 0.714 bits per heavy atom. The number of carboxylic acid groups (broad SMARTS) is 2. The van der Waals surface area contributed by atoms with Gasteiger partial charge in [-0.05, 0) is 36.8 Å². The first-order chi connectivity index (χ1) is 12.6. The first-order valence-corrected chi connectivity index (χ1v) is 11.0. The van der Waals surface area contributed by atoms with Gasteiger partial charge in [0.2, 0.25) is 0 Å². The third kappa shape index (κ3) is 19.1. The van der Waals surface area contributed by atoms with Crippen molar-refractivity contribution >= 4 is 21.4 Å². The molecular weight excluding hydrogens is 561 g/mol. The van der Waals surface area contributed by atoms with E-state index in [0.29, 0.717) is 0 Å². The van der Waals surface area contributed by atoms with E-state index in [1.54, 1.807) is 18.8 Å². The van der Waals surface area contributed by atoms with Gasteiger partial charge in [-0.15, -0.1) is 0 Å². The maximum atomic E-state index is 10.2. The number of nitrogens with two attached hydrogens (primary N) is 1. The van der Waals surface area contributed by atoms with E-state index in [0.717, 1.165) is 25.7 Å². The molecule has 0 amide bonds. The number of carbonyl (C=O) groups is 2. The van der Waals surface area contributed by atoms with Gasteiger partial charge >= 0.3 is 40.1 Å². The van der Waals surface area contributed by atoms with Crippen LogP contribution in [0.1, 0.15) is 36.8 Å².